The van der Waals surface area contributed by atoms with Crippen LogP contribution in [0.1, 0.15) is 18.1 Å². The number of sulfonamides is 1. The van der Waals surface area contributed by atoms with Gasteiger partial charge in [0.15, 0.2) is 0 Å². The normalized spacial score (nSPS) is 12.5. The van der Waals surface area contributed by atoms with E-state index in [1.54, 1.807) is 0 Å². The summed E-state index contributed by atoms with van der Waals surface area (Å²) >= 11 is 12.0. The number of para-hydroxylation sites is 1. The zero-order chi connectivity index (χ0) is 19.6. The Morgan fingerprint density at radius 1 is 1.08 bits per heavy atom. The highest BCUT2D eigenvalue weighted by Crippen LogP contribution is 2.29. The topological polar surface area (TPSA) is 66.5 Å². The molecule has 1 N–H and O–H groups in total. The maximum Gasteiger partial charge on any atom is 0.248 e. The Kier molecular flexibility index (Phi) is 6.21. The Labute approximate surface area is 164 Å². The molecule has 2 rings (SSSR count). The fourth-order valence-corrected chi connectivity index (χ4v) is 4.39. The van der Waals surface area contributed by atoms with E-state index in [0.717, 1.165) is 21.7 Å². The van der Waals surface area contributed by atoms with Crippen LogP contribution in [0.25, 0.3) is 0 Å². The van der Waals surface area contributed by atoms with Crippen LogP contribution in [0.2, 0.25) is 10.0 Å². The Morgan fingerprint density at radius 3 is 2.04 bits per heavy atom. The van der Waals surface area contributed by atoms with Crippen LogP contribution in [-0.4, -0.2) is 26.6 Å². The fraction of sp³-hybridized carbons (Fsp3) is 0.278. The second-order valence-corrected chi connectivity index (χ2v) is 8.85. The molecular weight excluding hydrogens is 395 g/mol. The predicted octanol–water partition coefficient (Wildman–Crippen LogP) is 4.40. The van der Waals surface area contributed by atoms with Gasteiger partial charge in [0, 0.05) is 15.7 Å². The summed E-state index contributed by atoms with van der Waals surface area (Å²) in [5.74, 6) is -0.455. The number of halogens is 2. The highest BCUT2D eigenvalue weighted by molar-refractivity contribution is 7.92. The highest BCUT2D eigenvalue weighted by Gasteiger charge is 2.30. The molecule has 0 saturated heterocycles. The third kappa shape index (κ3) is 4.69. The molecule has 0 aliphatic carbocycles. The van der Waals surface area contributed by atoms with Gasteiger partial charge in [0.1, 0.15) is 6.04 Å². The Morgan fingerprint density at radius 2 is 1.58 bits per heavy atom. The van der Waals surface area contributed by atoms with Gasteiger partial charge in [0.05, 0.1) is 11.9 Å². The molecule has 0 radical (unpaired) electrons. The maximum atomic E-state index is 12.8. The monoisotopic (exact) mass is 414 g/mol. The molecule has 8 heteroatoms. The van der Waals surface area contributed by atoms with Crippen LogP contribution in [0.3, 0.4) is 0 Å². The van der Waals surface area contributed by atoms with Gasteiger partial charge >= 0.3 is 0 Å². The number of amides is 1. The number of benzene rings is 2. The summed E-state index contributed by atoms with van der Waals surface area (Å²) in [4.78, 5) is 12.8. The summed E-state index contributed by atoms with van der Waals surface area (Å²) in [5.41, 5.74) is 2.68. The summed E-state index contributed by atoms with van der Waals surface area (Å²) in [5, 5.41) is 3.38. The molecule has 0 unspecified atom stereocenters. The minimum absolute atomic E-state index is 0.231. The van der Waals surface area contributed by atoms with Crippen molar-refractivity contribution in [2.45, 2.75) is 26.8 Å². The van der Waals surface area contributed by atoms with E-state index in [9.17, 15) is 13.2 Å². The van der Waals surface area contributed by atoms with Crippen molar-refractivity contribution >= 4 is 50.5 Å². The lowest BCUT2D eigenvalue weighted by molar-refractivity contribution is -0.116. The van der Waals surface area contributed by atoms with Crippen LogP contribution in [0.5, 0.6) is 0 Å². The summed E-state index contributed by atoms with van der Waals surface area (Å²) in [6, 6.07) is 9.04. The van der Waals surface area contributed by atoms with Gasteiger partial charge in [-0.25, -0.2) is 8.42 Å². The minimum atomic E-state index is -3.75. The van der Waals surface area contributed by atoms with Gasteiger partial charge in [0.25, 0.3) is 0 Å². The molecule has 1 amide bonds. The van der Waals surface area contributed by atoms with Crippen LogP contribution in [0.4, 0.5) is 11.4 Å². The lowest BCUT2D eigenvalue weighted by atomic mass is 10.1. The Bertz CT molecular complexity index is 905. The van der Waals surface area contributed by atoms with Crippen molar-refractivity contribution in [2.75, 3.05) is 15.9 Å². The number of hydrogen-bond donors (Lipinski definition) is 1. The minimum Gasteiger partial charge on any atom is -0.324 e. The molecule has 0 aromatic heterocycles. The summed E-state index contributed by atoms with van der Waals surface area (Å²) in [7, 11) is -3.75. The molecule has 0 spiro atoms. The first-order valence-corrected chi connectivity index (χ1v) is 10.4. The first-order chi connectivity index (χ1) is 12.0. The van der Waals surface area contributed by atoms with E-state index in [1.807, 2.05) is 32.0 Å². The lowest BCUT2D eigenvalue weighted by Crippen LogP contribution is -2.45. The van der Waals surface area contributed by atoms with Crippen molar-refractivity contribution in [3.63, 3.8) is 0 Å². The van der Waals surface area contributed by atoms with Crippen LogP contribution in [0.15, 0.2) is 36.4 Å². The van der Waals surface area contributed by atoms with Gasteiger partial charge < -0.3 is 5.32 Å². The third-order valence-corrected chi connectivity index (χ3v) is 5.60. The number of anilines is 2. The predicted molar refractivity (Wildman–Crippen MR) is 108 cm³/mol. The number of aryl methyl sites for hydroxylation is 2. The van der Waals surface area contributed by atoms with Gasteiger partial charge in [-0.3, -0.25) is 9.10 Å². The van der Waals surface area contributed by atoms with Crippen LogP contribution in [0, 0.1) is 13.8 Å². The van der Waals surface area contributed by atoms with Crippen molar-refractivity contribution in [1.82, 2.24) is 0 Å². The summed E-state index contributed by atoms with van der Waals surface area (Å²) in [6.07, 6.45) is 1.03. The SMILES string of the molecule is Cc1cccc(C)c1NC(=O)[C@H](C)N(c1cc(Cl)cc(Cl)c1)S(C)(=O)=O. The lowest BCUT2D eigenvalue weighted by Gasteiger charge is -2.29. The quantitative estimate of drug-likeness (QED) is 0.787. The van der Waals surface area contributed by atoms with Gasteiger partial charge in [-0.15, -0.1) is 0 Å². The first-order valence-electron chi connectivity index (χ1n) is 7.83. The molecule has 1 atom stereocenters. The van der Waals surface area contributed by atoms with E-state index in [2.05, 4.69) is 5.32 Å². The van der Waals surface area contributed by atoms with E-state index in [0.29, 0.717) is 5.69 Å². The summed E-state index contributed by atoms with van der Waals surface area (Å²) in [6.45, 7) is 5.26. The van der Waals surface area contributed by atoms with E-state index < -0.39 is 22.0 Å². The fourth-order valence-electron chi connectivity index (χ4n) is 2.71. The van der Waals surface area contributed by atoms with E-state index in [4.69, 9.17) is 23.2 Å². The zero-order valence-electron chi connectivity index (χ0n) is 14.9. The number of hydrogen-bond acceptors (Lipinski definition) is 3. The molecule has 0 aliphatic heterocycles. The van der Waals surface area contributed by atoms with Gasteiger partial charge in [0.2, 0.25) is 15.9 Å². The highest BCUT2D eigenvalue weighted by atomic mass is 35.5. The molecule has 2 aromatic rings. The first kappa shape index (κ1) is 20.6. The maximum absolute atomic E-state index is 12.8. The van der Waals surface area contributed by atoms with Gasteiger partial charge in [-0.2, -0.15) is 0 Å². The second-order valence-electron chi connectivity index (χ2n) is 6.12. The average molecular weight is 415 g/mol. The molecule has 0 bridgehead atoms. The summed E-state index contributed by atoms with van der Waals surface area (Å²) < 4.78 is 25.7. The molecular formula is C18H20Cl2N2O3S. The van der Waals surface area contributed by atoms with Crippen LogP contribution >= 0.6 is 23.2 Å². The molecule has 0 aliphatic rings. The van der Waals surface area contributed by atoms with Crippen molar-refractivity contribution in [3.8, 4) is 0 Å². The van der Waals surface area contributed by atoms with E-state index in [-0.39, 0.29) is 15.7 Å². The van der Waals surface area contributed by atoms with E-state index in [1.165, 1.54) is 25.1 Å². The molecule has 0 heterocycles. The smallest absolute Gasteiger partial charge is 0.248 e. The van der Waals surface area contributed by atoms with Crippen molar-refractivity contribution in [3.05, 3.63) is 57.6 Å². The number of nitrogens with one attached hydrogen (secondary N) is 1. The largest absolute Gasteiger partial charge is 0.324 e. The molecule has 0 fully saturated rings. The number of nitrogens with zero attached hydrogens (tertiary/aromatic N) is 1. The van der Waals surface area contributed by atoms with Crippen molar-refractivity contribution in [1.29, 1.82) is 0 Å². The van der Waals surface area contributed by atoms with Crippen molar-refractivity contribution < 1.29 is 13.2 Å². The Balaban J connectivity index is 2.41. The third-order valence-electron chi connectivity index (χ3n) is 3.92. The Hall–Kier alpha value is -1.76. The number of carbonyl (C=O) groups excluding carboxylic acids is 1. The molecule has 26 heavy (non-hydrogen) atoms. The molecule has 2 aromatic carbocycles. The second kappa shape index (κ2) is 7.86. The van der Waals surface area contributed by atoms with Crippen LogP contribution < -0.4 is 9.62 Å². The standard InChI is InChI=1S/C18H20Cl2N2O3S/c1-11-6-5-7-12(2)17(11)21-18(23)13(3)22(26(4,24)25)16-9-14(19)8-15(20)10-16/h5-10,13H,1-4H3,(H,21,23)/t13-/m0/s1. The van der Waals surface area contributed by atoms with Crippen LogP contribution in [-0.2, 0) is 14.8 Å². The van der Waals surface area contributed by atoms with Gasteiger partial charge in [-0.05, 0) is 50.1 Å². The number of carbonyl (C=O) groups is 1. The van der Waals surface area contributed by atoms with Crippen molar-refractivity contribution in [2.24, 2.45) is 0 Å². The zero-order valence-corrected chi connectivity index (χ0v) is 17.2. The molecule has 0 saturated carbocycles. The van der Waals surface area contributed by atoms with E-state index >= 15 is 0 Å². The van der Waals surface area contributed by atoms with Gasteiger partial charge in [-0.1, -0.05) is 41.4 Å². The molecule has 5 nitrogen and oxygen atoms in total. The number of rotatable bonds is 5. The average Bonchev–Trinajstić information content (AvgIpc) is 2.48. The molecule has 140 valence electrons.